The van der Waals surface area contributed by atoms with Gasteiger partial charge in [-0.05, 0) is 31.0 Å². The van der Waals surface area contributed by atoms with Crippen molar-refractivity contribution in [2.75, 3.05) is 19.0 Å². The van der Waals surface area contributed by atoms with Crippen LogP contribution >= 0.6 is 0 Å². The van der Waals surface area contributed by atoms with E-state index in [0.29, 0.717) is 0 Å². The van der Waals surface area contributed by atoms with E-state index >= 15 is 0 Å². The molecule has 1 atom stereocenters. The van der Waals surface area contributed by atoms with Crippen LogP contribution in [0.25, 0.3) is 0 Å². The van der Waals surface area contributed by atoms with Gasteiger partial charge >= 0.3 is 0 Å². The minimum absolute atomic E-state index is 0.174. The number of aryl methyl sites for hydroxylation is 1. The largest absolute Gasteiger partial charge is 0.370 e. The lowest BCUT2D eigenvalue weighted by Crippen LogP contribution is -2.36. The summed E-state index contributed by atoms with van der Waals surface area (Å²) in [6.07, 6.45) is -0.597. The average molecular weight is 222 g/mol. The number of carbonyl (C=O) groups is 1. The first kappa shape index (κ1) is 12.7. The van der Waals surface area contributed by atoms with Gasteiger partial charge in [-0.15, -0.1) is 0 Å². The van der Waals surface area contributed by atoms with Crippen LogP contribution in [0.15, 0.2) is 18.2 Å². The van der Waals surface area contributed by atoms with E-state index < -0.39 is 6.10 Å². The van der Waals surface area contributed by atoms with E-state index in [1.165, 1.54) is 7.11 Å². The van der Waals surface area contributed by atoms with Gasteiger partial charge in [0, 0.05) is 19.3 Å². The summed E-state index contributed by atoms with van der Waals surface area (Å²) in [5.74, 6) is -0.210. The molecule has 1 aromatic carbocycles. The van der Waals surface area contributed by atoms with E-state index in [1.807, 2.05) is 32.0 Å². The number of nitrogens with one attached hydrogen (secondary N) is 1. The molecule has 4 heteroatoms. The first-order valence-electron chi connectivity index (χ1n) is 5.20. The topological polar surface area (TPSA) is 64.3 Å². The van der Waals surface area contributed by atoms with E-state index in [0.717, 1.165) is 16.8 Å². The molecular formula is C12H18N2O2. The van der Waals surface area contributed by atoms with Crippen LogP contribution in [-0.4, -0.2) is 25.7 Å². The molecule has 4 nitrogen and oxygen atoms in total. The lowest BCUT2D eigenvalue weighted by Gasteiger charge is -2.15. The molecule has 88 valence electrons. The maximum absolute atomic E-state index is 11.7. The normalized spacial score (nSPS) is 12.2. The van der Waals surface area contributed by atoms with Gasteiger partial charge in [0.05, 0.1) is 0 Å². The van der Waals surface area contributed by atoms with Gasteiger partial charge in [0.15, 0.2) is 0 Å². The lowest BCUT2D eigenvalue weighted by molar-refractivity contribution is -0.125. The zero-order chi connectivity index (χ0) is 12.1. The number of rotatable bonds is 4. The van der Waals surface area contributed by atoms with Crippen molar-refractivity contribution in [2.24, 2.45) is 5.73 Å². The minimum Gasteiger partial charge on any atom is -0.370 e. The Labute approximate surface area is 95.8 Å². The standard InChI is InChI=1S/C12H18N2O2/c1-8-5-4-6-10(9(8)2)14-12(15)11(7-13)16-3/h4-6,11H,7,13H2,1-3H3,(H,14,15). The number of methoxy groups -OCH3 is 1. The minimum atomic E-state index is -0.597. The monoisotopic (exact) mass is 222 g/mol. The summed E-state index contributed by atoms with van der Waals surface area (Å²) in [6, 6.07) is 5.77. The SMILES string of the molecule is COC(CN)C(=O)Nc1cccc(C)c1C. The number of anilines is 1. The number of hydrogen-bond acceptors (Lipinski definition) is 3. The van der Waals surface area contributed by atoms with Crippen molar-refractivity contribution in [3.05, 3.63) is 29.3 Å². The average Bonchev–Trinajstić information content (AvgIpc) is 2.26. The van der Waals surface area contributed by atoms with Crippen molar-refractivity contribution in [2.45, 2.75) is 20.0 Å². The van der Waals surface area contributed by atoms with Crippen molar-refractivity contribution < 1.29 is 9.53 Å². The van der Waals surface area contributed by atoms with Crippen molar-refractivity contribution in [3.8, 4) is 0 Å². The summed E-state index contributed by atoms with van der Waals surface area (Å²) in [5.41, 5.74) is 8.42. The van der Waals surface area contributed by atoms with Gasteiger partial charge in [0.25, 0.3) is 5.91 Å². The predicted octanol–water partition coefficient (Wildman–Crippen LogP) is 1.22. The maximum Gasteiger partial charge on any atom is 0.254 e. The third kappa shape index (κ3) is 2.81. The maximum atomic E-state index is 11.7. The van der Waals surface area contributed by atoms with Gasteiger partial charge in [-0.1, -0.05) is 12.1 Å². The summed E-state index contributed by atoms with van der Waals surface area (Å²) < 4.78 is 4.97. The van der Waals surface area contributed by atoms with Crippen LogP contribution in [0.5, 0.6) is 0 Å². The number of ether oxygens (including phenoxy) is 1. The zero-order valence-electron chi connectivity index (χ0n) is 9.91. The third-order valence-electron chi connectivity index (χ3n) is 2.65. The van der Waals surface area contributed by atoms with E-state index in [1.54, 1.807) is 0 Å². The second-order valence-corrected chi connectivity index (χ2v) is 3.70. The van der Waals surface area contributed by atoms with Crippen molar-refractivity contribution >= 4 is 11.6 Å². The second-order valence-electron chi connectivity index (χ2n) is 3.70. The Morgan fingerprint density at radius 3 is 2.75 bits per heavy atom. The van der Waals surface area contributed by atoms with Crippen LogP contribution in [0, 0.1) is 13.8 Å². The van der Waals surface area contributed by atoms with Gasteiger partial charge in [0.2, 0.25) is 0 Å². The number of nitrogens with two attached hydrogens (primary N) is 1. The Bertz CT molecular complexity index is 373. The van der Waals surface area contributed by atoms with Gasteiger partial charge in [0.1, 0.15) is 6.10 Å². The highest BCUT2D eigenvalue weighted by Crippen LogP contribution is 2.18. The van der Waals surface area contributed by atoms with E-state index in [2.05, 4.69) is 5.32 Å². The van der Waals surface area contributed by atoms with E-state index in [4.69, 9.17) is 10.5 Å². The highest BCUT2D eigenvalue weighted by molar-refractivity contribution is 5.95. The van der Waals surface area contributed by atoms with Crippen LogP contribution in [0.4, 0.5) is 5.69 Å². The molecule has 0 bridgehead atoms. The van der Waals surface area contributed by atoms with Gasteiger partial charge in [-0.2, -0.15) is 0 Å². The molecule has 0 heterocycles. The Balaban J connectivity index is 2.80. The Morgan fingerprint density at radius 2 is 2.19 bits per heavy atom. The van der Waals surface area contributed by atoms with Crippen LogP contribution < -0.4 is 11.1 Å². The Kier molecular flexibility index (Phi) is 4.46. The number of hydrogen-bond donors (Lipinski definition) is 2. The molecule has 0 aliphatic heterocycles. The highest BCUT2D eigenvalue weighted by atomic mass is 16.5. The fourth-order valence-corrected chi connectivity index (χ4v) is 1.41. The third-order valence-corrected chi connectivity index (χ3v) is 2.65. The Hall–Kier alpha value is -1.39. The molecule has 1 amide bonds. The van der Waals surface area contributed by atoms with Gasteiger partial charge in [-0.3, -0.25) is 4.79 Å². The van der Waals surface area contributed by atoms with Crippen LogP contribution in [-0.2, 0) is 9.53 Å². The molecule has 0 fully saturated rings. The molecule has 0 aliphatic carbocycles. The van der Waals surface area contributed by atoms with Crippen LogP contribution in [0.3, 0.4) is 0 Å². The molecular weight excluding hydrogens is 204 g/mol. The van der Waals surface area contributed by atoms with E-state index in [-0.39, 0.29) is 12.5 Å². The lowest BCUT2D eigenvalue weighted by atomic mass is 10.1. The molecule has 1 unspecified atom stereocenters. The summed E-state index contributed by atoms with van der Waals surface area (Å²) >= 11 is 0. The quantitative estimate of drug-likeness (QED) is 0.805. The molecule has 0 radical (unpaired) electrons. The fraction of sp³-hybridized carbons (Fsp3) is 0.417. The van der Waals surface area contributed by atoms with Crippen LogP contribution in [0.2, 0.25) is 0 Å². The van der Waals surface area contributed by atoms with Gasteiger partial charge < -0.3 is 15.8 Å². The van der Waals surface area contributed by atoms with Crippen LogP contribution in [0.1, 0.15) is 11.1 Å². The first-order valence-corrected chi connectivity index (χ1v) is 5.20. The van der Waals surface area contributed by atoms with E-state index in [9.17, 15) is 4.79 Å². The highest BCUT2D eigenvalue weighted by Gasteiger charge is 2.16. The Morgan fingerprint density at radius 1 is 1.50 bits per heavy atom. The molecule has 1 rings (SSSR count). The van der Waals surface area contributed by atoms with Gasteiger partial charge in [-0.25, -0.2) is 0 Å². The molecule has 16 heavy (non-hydrogen) atoms. The molecule has 0 aliphatic rings. The summed E-state index contributed by atoms with van der Waals surface area (Å²) in [7, 11) is 1.47. The number of benzene rings is 1. The molecule has 0 spiro atoms. The number of carbonyl (C=O) groups excluding carboxylic acids is 1. The summed E-state index contributed by atoms with van der Waals surface area (Å²) in [6.45, 7) is 4.14. The van der Waals surface area contributed by atoms with Crippen molar-refractivity contribution in [1.29, 1.82) is 0 Å². The number of amides is 1. The molecule has 3 N–H and O–H groups in total. The predicted molar refractivity (Wildman–Crippen MR) is 64.4 cm³/mol. The summed E-state index contributed by atoms with van der Waals surface area (Å²) in [5, 5.41) is 2.81. The smallest absolute Gasteiger partial charge is 0.254 e. The summed E-state index contributed by atoms with van der Waals surface area (Å²) in [4.78, 5) is 11.7. The van der Waals surface area contributed by atoms with Crippen molar-refractivity contribution in [3.63, 3.8) is 0 Å². The molecule has 0 saturated carbocycles. The second kappa shape index (κ2) is 5.63. The molecule has 0 aromatic heterocycles. The molecule has 0 saturated heterocycles. The molecule has 1 aromatic rings. The van der Waals surface area contributed by atoms with Crippen molar-refractivity contribution in [1.82, 2.24) is 0 Å². The fourth-order valence-electron chi connectivity index (χ4n) is 1.41. The zero-order valence-corrected chi connectivity index (χ0v) is 9.91. The first-order chi connectivity index (χ1) is 7.60.